The topological polar surface area (TPSA) is 63.2 Å². The zero-order valence-electron chi connectivity index (χ0n) is 17.7. The zero-order valence-corrected chi connectivity index (χ0v) is 18.5. The van der Waals surface area contributed by atoms with E-state index in [1.165, 1.54) is 6.92 Å². The van der Waals surface area contributed by atoms with Gasteiger partial charge in [0.2, 0.25) is 0 Å². The number of rotatable bonds is 7. The highest BCUT2D eigenvalue weighted by Gasteiger charge is 2.52. The van der Waals surface area contributed by atoms with Gasteiger partial charge in [0.25, 0.3) is 0 Å². The molecular formula is C24H28O6S. The maximum atomic E-state index is 11.9. The van der Waals surface area contributed by atoms with Crippen molar-refractivity contribution in [2.75, 3.05) is 12.4 Å². The fourth-order valence-corrected chi connectivity index (χ4v) is 4.85. The van der Waals surface area contributed by atoms with Crippen LogP contribution in [0.1, 0.15) is 31.3 Å². The second-order valence-electron chi connectivity index (χ2n) is 7.51. The van der Waals surface area contributed by atoms with E-state index in [1.54, 1.807) is 11.8 Å². The normalized spacial score (nSPS) is 30.4. The Morgan fingerprint density at radius 2 is 1.74 bits per heavy atom. The fraction of sp³-hybridized carbons (Fsp3) is 0.458. The molecule has 31 heavy (non-hydrogen) atoms. The summed E-state index contributed by atoms with van der Waals surface area (Å²) < 4.78 is 30.7. The van der Waals surface area contributed by atoms with Crippen LogP contribution in [-0.2, 0) is 35.1 Å². The van der Waals surface area contributed by atoms with Crippen LogP contribution in [0.3, 0.4) is 0 Å². The molecule has 2 heterocycles. The molecule has 0 radical (unpaired) electrons. The number of carbonyl (C=O) groups is 1. The summed E-state index contributed by atoms with van der Waals surface area (Å²) >= 11 is 1.59. The second-order valence-corrected chi connectivity index (χ2v) is 8.89. The van der Waals surface area contributed by atoms with Gasteiger partial charge in [0.1, 0.15) is 23.7 Å². The van der Waals surface area contributed by atoms with Crippen LogP contribution in [0.5, 0.6) is 0 Å². The third-order valence-electron chi connectivity index (χ3n) is 5.27. The maximum absolute atomic E-state index is 11.9. The molecule has 6 nitrogen and oxygen atoms in total. The number of thioether (sulfide) groups is 1. The molecule has 2 saturated heterocycles. The predicted octanol–water partition coefficient (Wildman–Crippen LogP) is 4.10. The van der Waals surface area contributed by atoms with Gasteiger partial charge in [-0.1, -0.05) is 67.6 Å². The van der Waals surface area contributed by atoms with Crippen molar-refractivity contribution in [3.63, 3.8) is 0 Å². The molecule has 6 atom stereocenters. The number of esters is 1. The van der Waals surface area contributed by atoms with E-state index in [0.29, 0.717) is 13.2 Å². The Kier molecular flexibility index (Phi) is 7.63. The minimum absolute atomic E-state index is 0.309. The summed E-state index contributed by atoms with van der Waals surface area (Å²) in [5.74, 6) is 0.452. The van der Waals surface area contributed by atoms with Crippen molar-refractivity contribution in [2.45, 2.75) is 56.6 Å². The van der Waals surface area contributed by atoms with E-state index in [-0.39, 0.29) is 17.5 Å². The molecule has 0 amide bonds. The van der Waals surface area contributed by atoms with Gasteiger partial charge in [0.15, 0.2) is 12.4 Å². The van der Waals surface area contributed by atoms with Crippen LogP contribution in [0.4, 0.5) is 0 Å². The maximum Gasteiger partial charge on any atom is 0.303 e. The highest BCUT2D eigenvalue weighted by atomic mass is 32.2. The smallest absolute Gasteiger partial charge is 0.303 e. The molecule has 166 valence electrons. The first-order valence-corrected chi connectivity index (χ1v) is 11.6. The van der Waals surface area contributed by atoms with Gasteiger partial charge >= 0.3 is 5.97 Å². The van der Waals surface area contributed by atoms with Gasteiger partial charge in [-0.25, -0.2) is 0 Å². The number of carbonyl (C=O) groups excluding carboxylic acids is 1. The first kappa shape index (κ1) is 22.3. The van der Waals surface area contributed by atoms with Crippen molar-refractivity contribution in [1.82, 2.24) is 0 Å². The number of hydrogen-bond donors (Lipinski definition) is 0. The lowest BCUT2D eigenvalue weighted by molar-refractivity contribution is -0.326. The molecule has 0 N–H and O–H groups in total. The molecule has 4 rings (SSSR count). The van der Waals surface area contributed by atoms with E-state index in [2.05, 4.69) is 0 Å². The van der Waals surface area contributed by atoms with Gasteiger partial charge in [0.05, 0.1) is 13.2 Å². The number of hydrogen-bond acceptors (Lipinski definition) is 7. The zero-order chi connectivity index (χ0) is 21.6. The molecule has 0 aromatic heterocycles. The van der Waals surface area contributed by atoms with Crippen LogP contribution in [0.15, 0.2) is 60.7 Å². The summed E-state index contributed by atoms with van der Waals surface area (Å²) in [6.07, 6.45) is -2.33. The lowest BCUT2D eigenvalue weighted by Gasteiger charge is -2.48. The quantitative estimate of drug-likeness (QED) is 0.596. The molecule has 7 heteroatoms. The minimum Gasteiger partial charge on any atom is -0.456 e. The Morgan fingerprint density at radius 3 is 2.42 bits per heavy atom. The highest BCUT2D eigenvalue weighted by Crippen LogP contribution is 2.39. The highest BCUT2D eigenvalue weighted by molar-refractivity contribution is 7.99. The summed E-state index contributed by atoms with van der Waals surface area (Å²) in [4.78, 5) is 11.9. The van der Waals surface area contributed by atoms with E-state index in [9.17, 15) is 4.79 Å². The van der Waals surface area contributed by atoms with Crippen LogP contribution in [-0.4, -0.2) is 48.2 Å². The second kappa shape index (κ2) is 10.6. The summed E-state index contributed by atoms with van der Waals surface area (Å²) in [6.45, 7) is 4.22. The van der Waals surface area contributed by atoms with Crippen LogP contribution < -0.4 is 0 Å². The van der Waals surface area contributed by atoms with E-state index >= 15 is 0 Å². The van der Waals surface area contributed by atoms with E-state index in [1.807, 2.05) is 67.6 Å². The molecule has 2 aromatic rings. The summed E-state index contributed by atoms with van der Waals surface area (Å²) in [5, 5.41) is 0. The van der Waals surface area contributed by atoms with E-state index in [4.69, 9.17) is 23.7 Å². The Hall–Kier alpha value is -1.90. The van der Waals surface area contributed by atoms with Crippen LogP contribution in [0.25, 0.3) is 0 Å². The van der Waals surface area contributed by atoms with Gasteiger partial charge < -0.3 is 23.7 Å². The molecule has 0 spiro atoms. The number of benzene rings is 2. The van der Waals surface area contributed by atoms with Crippen molar-refractivity contribution >= 4 is 17.7 Å². The molecule has 2 aliphatic rings. The molecule has 2 aliphatic heterocycles. The van der Waals surface area contributed by atoms with Crippen molar-refractivity contribution < 1.29 is 28.5 Å². The predicted molar refractivity (Wildman–Crippen MR) is 117 cm³/mol. The van der Waals surface area contributed by atoms with Crippen molar-refractivity contribution in [2.24, 2.45) is 0 Å². The van der Waals surface area contributed by atoms with Crippen LogP contribution >= 0.6 is 11.8 Å². The monoisotopic (exact) mass is 444 g/mol. The lowest BCUT2D eigenvalue weighted by Crippen LogP contribution is -2.62. The Labute approximate surface area is 187 Å². The fourth-order valence-electron chi connectivity index (χ4n) is 3.90. The Morgan fingerprint density at radius 1 is 1.03 bits per heavy atom. The van der Waals surface area contributed by atoms with Crippen LogP contribution in [0.2, 0.25) is 0 Å². The molecule has 2 fully saturated rings. The van der Waals surface area contributed by atoms with Gasteiger partial charge in [0, 0.05) is 12.5 Å². The molecule has 6 unspecified atom stereocenters. The van der Waals surface area contributed by atoms with Gasteiger partial charge in [-0.15, -0.1) is 11.8 Å². The van der Waals surface area contributed by atoms with Gasteiger partial charge in [-0.05, 0) is 11.3 Å². The number of ether oxygens (including phenoxy) is 5. The molecular weight excluding hydrogens is 416 g/mol. The summed E-state index contributed by atoms with van der Waals surface area (Å²) in [6, 6.07) is 19.7. The van der Waals surface area contributed by atoms with E-state index in [0.717, 1.165) is 16.9 Å². The van der Waals surface area contributed by atoms with Crippen LogP contribution in [0, 0.1) is 0 Å². The number of fused-ring (bicyclic) bond motifs is 1. The third kappa shape index (κ3) is 5.48. The molecule has 2 aromatic carbocycles. The Balaban J connectivity index is 1.59. The molecule has 0 bridgehead atoms. The Bertz CT molecular complexity index is 832. The van der Waals surface area contributed by atoms with Gasteiger partial charge in [-0.2, -0.15) is 0 Å². The summed E-state index contributed by atoms with van der Waals surface area (Å²) in [7, 11) is 0. The summed E-state index contributed by atoms with van der Waals surface area (Å²) in [5.41, 5.74) is 1.62. The standard InChI is InChI=1S/C24H28O6S/c1-3-31-24-22(28-16(2)25)21(26-14-17-10-6-4-7-11-17)20-19(29-24)15-27-23(30-20)18-12-8-5-9-13-18/h4-13,19-24H,3,14-15H2,1-2H3. The SMILES string of the molecule is CCSC1OC2COC(c3ccccc3)OC2C(OCc2ccccc2)C1OC(C)=O. The average Bonchev–Trinajstić information content (AvgIpc) is 2.79. The molecule has 0 saturated carbocycles. The van der Waals surface area contributed by atoms with Crippen molar-refractivity contribution in [1.29, 1.82) is 0 Å². The van der Waals surface area contributed by atoms with Crippen molar-refractivity contribution in [3.8, 4) is 0 Å². The third-order valence-corrected chi connectivity index (χ3v) is 6.32. The lowest BCUT2D eigenvalue weighted by atomic mass is 9.98. The van der Waals surface area contributed by atoms with E-state index < -0.39 is 24.6 Å². The largest absolute Gasteiger partial charge is 0.456 e. The minimum atomic E-state index is -0.582. The molecule has 0 aliphatic carbocycles. The first-order chi connectivity index (χ1) is 15.2. The van der Waals surface area contributed by atoms with Gasteiger partial charge in [-0.3, -0.25) is 4.79 Å². The van der Waals surface area contributed by atoms with Crippen molar-refractivity contribution in [3.05, 3.63) is 71.8 Å². The first-order valence-electron chi connectivity index (χ1n) is 10.6. The average molecular weight is 445 g/mol.